The number of halogens is 1. The van der Waals surface area contributed by atoms with Gasteiger partial charge in [-0.1, -0.05) is 11.6 Å². The lowest BCUT2D eigenvalue weighted by atomic mass is 10.2. The Morgan fingerprint density at radius 3 is 3.00 bits per heavy atom. The normalized spacial score (nSPS) is 10.6. The van der Waals surface area contributed by atoms with Crippen molar-refractivity contribution in [3.8, 4) is 0 Å². The highest BCUT2D eigenvalue weighted by molar-refractivity contribution is 6.31. The zero-order valence-corrected chi connectivity index (χ0v) is 7.75. The molecule has 0 radical (unpaired) electrons. The number of hydrogen-bond acceptors (Lipinski definition) is 2. The third kappa shape index (κ3) is 1.31. The number of hydrogen-bond donors (Lipinski definition) is 0. The molecule has 2 heterocycles. The predicted molar refractivity (Wildman–Crippen MR) is 50.2 cm³/mol. The summed E-state index contributed by atoms with van der Waals surface area (Å²) in [6, 6.07) is 3.40. The molecule has 0 bridgehead atoms. The summed E-state index contributed by atoms with van der Waals surface area (Å²) in [5.41, 5.74) is 1.39. The molecule has 0 spiro atoms. The van der Waals surface area contributed by atoms with Gasteiger partial charge in [0.05, 0.1) is 23.7 Å². The molecule has 0 amide bonds. The molecule has 2 aromatic heterocycles. The van der Waals surface area contributed by atoms with Gasteiger partial charge in [-0.15, -0.1) is 0 Å². The minimum Gasteiger partial charge on any atom is -0.296 e. The van der Waals surface area contributed by atoms with Gasteiger partial charge in [0, 0.05) is 11.9 Å². The fourth-order valence-electron chi connectivity index (χ4n) is 1.27. The first kappa shape index (κ1) is 8.26. The highest BCUT2D eigenvalue weighted by Crippen LogP contribution is 2.16. The standard InChI is InChI=1S/C9H7ClN2O/c1-6(13)9-3-7(10)2-8-4-11-5-12(8)9/h2-5H,1H3. The summed E-state index contributed by atoms with van der Waals surface area (Å²) in [4.78, 5) is 15.1. The highest BCUT2D eigenvalue weighted by atomic mass is 35.5. The van der Waals surface area contributed by atoms with Crippen LogP contribution in [0.15, 0.2) is 24.7 Å². The number of ketones is 1. The number of Topliss-reactive ketones (excluding diaryl/α,β-unsaturated/α-hetero) is 1. The van der Waals surface area contributed by atoms with Gasteiger partial charge in [-0.25, -0.2) is 4.98 Å². The first-order chi connectivity index (χ1) is 6.18. The summed E-state index contributed by atoms with van der Waals surface area (Å²) in [6.07, 6.45) is 3.26. The van der Waals surface area contributed by atoms with Gasteiger partial charge >= 0.3 is 0 Å². The Morgan fingerprint density at radius 2 is 2.31 bits per heavy atom. The molecule has 0 aliphatic heterocycles. The fourth-order valence-corrected chi connectivity index (χ4v) is 1.48. The van der Waals surface area contributed by atoms with Crippen LogP contribution in [0.1, 0.15) is 17.4 Å². The first-order valence-corrected chi connectivity index (χ1v) is 4.19. The van der Waals surface area contributed by atoms with Crippen molar-refractivity contribution in [2.45, 2.75) is 6.92 Å². The minimum absolute atomic E-state index is 0.0227. The molecule has 0 aromatic carbocycles. The van der Waals surface area contributed by atoms with Crippen LogP contribution in [-0.4, -0.2) is 15.2 Å². The number of carbonyl (C=O) groups is 1. The van der Waals surface area contributed by atoms with Crippen molar-refractivity contribution in [1.82, 2.24) is 9.38 Å². The van der Waals surface area contributed by atoms with Crippen molar-refractivity contribution in [1.29, 1.82) is 0 Å². The van der Waals surface area contributed by atoms with E-state index in [1.54, 1.807) is 29.1 Å². The van der Waals surface area contributed by atoms with Crippen molar-refractivity contribution in [2.24, 2.45) is 0 Å². The molecule has 66 valence electrons. The van der Waals surface area contributed by atoms with Gasteiger partial charge in [-0.05, 0) is 12.1 Å². The van der Waals surface area contributed by atoms with Gasteiger partial charge in [0.25, 0.3) is 0 Å². The average molecular weight is 195 g/mol. The van der Waals surface area contributed by atoms with E-state index in [0.717, 1.165) is 5.52 Å². The average Bonchev–Trinajstić information content (AvgIpc) is 2.49. The Kier molecular flexibility index (Phi) is 1.81. The van der Waals surface area contributed by atoms with E-state index in [4.69, 9.17) is 11.6 Å². The largest absolute Gasteiger partial charge is 0.296 e. The summed E-state index contributed by atoms with van der Waals surface area (Å²) < 4.78 is 1.72. The maximum Gasteiger partial charge on any atom is 0.176 e. The highest BCUT2D eigenvalue weighted by Gasteiger charge is 2.06. The van der Waals surface area contributed by atoms with E-state index in [9.17, 15) is 4.79 Å². The molecule has 4 heteroatoms. The monoisotopic (exact) mass is 194 g/mol. The number of aromatic nitrogens is 2. The number of rotatable bonds is 1. The third-order valence-corrected chi connectivity index (χ3v) is 2.07. The second kappa shape index (κ2) is 2.85. The predicted octanol–water partition coefficient (Wildman–Crippen LogP) is 2.19. The molecule has 0 saturated heterocycles. The van der Waals surface area contributed by atoms with Crippen molar-refractivity contribution >= 4 is 22.9 Å². The molecule has 0 aliphatic carbocycles. The smallest absolute Gasteiger partial charge is 0.176 e. The quantitative estimate of drug-likeness (QED) is 0.653. The van der Waals surface area contributed by atoms with E-state index in [1.165, 1.54) is 6.92 Å². The second-order valence-electron chi connectivity index (χ2n) is 2.80. The van der Waals surface area contributed by atoms with Crippen LogP contribution in [0, 0.1) is 0 Å². The van der Waals surface area contributed by atoms with Gasteiger partial charge in [-0.2, -0.15) is 0 Å². The number of fused-ring (bicyclic) bond motifs is 1. The van der Waals surface area contributed by atoms with Crippen molar-refractivity contribution in [3.05, 3.63) is 35.4 Å². The van der Waals surface area contributed by atoms with Gasteiger partial charge in [0.2, 0.25) is 0 Å². The van der Waals surface area contributed by atoms with Gasteiger partial charge in [0.1, 0.15) is 0 Å². The Balaban J connectivity index is 2.84. The third-order valence-electron chi connectivity index (χ3n) is 1.85. The lowest BCUT2D eigenvalue weighted by Gasteiger charge is -2.01. The van der Waals surface area contributed by atoms with Crippen LogP contribution in [0.25, 0.3) is 5.52 Å². The minimum atomic E-state index is -0.0227. The lowest BCUT2D eigenvalue weighted by Crippen LogP contribution is -2.00. The SMILES string of the molecule is CC(=O)c1cc(Cl)cc2cncn12. The van der Waals surface area contributed by atoms with Crippen LogP contribution < -0.4 is 0 Å². The van der Waals surface area contributed by atoms with Gasteiger partial charge in [0.15, 0.2) is 5.78 Å². The van der Waals surface area contributed by atoms with E-state index < -0.39 is 0 Å². The number of nitrogens with zero attached hydrogens (tertiary/aromatic N) is 2. The number of carbonyl (C=O) groups excluding carboxylic acids is 1. The van der Waals surface area contributed by atoms with E-state index in [-0.39, 0.29) is 5.78 Å². The van der Waals surface area contributed by atoms with E-state index in [0.29, 0.717) is 10.7 Å². The van der Waals surface area contributed by atoms with E-state index in [2.05, 4.69) is 4.98 Å². The second-order valence-corrected chi connectivity index (χ2v) is 3.24. The first-order valence-electron chi connectivity index (χ1n) is 3.81. The molecule has 0 saturated carbocycles. The van der Waals surface area contributed by atoms with Crippen LogP contribution in [-0.2, 0) is 0 Å². The molecule has 0 aliphatic rings. The van der Waals surface area contributed by atoms with Crippen molar-refractivity contribution in [2.75, 3.05) is 0 Å². The molecular formula is C9H7ClN2O. The van der Waals surface area contributed by atoms with E-state index >= 15 is 0 Å². The molecule has 0 unspecified atom stereocenters. The molecular weight excluding hydrogens is 188 g/mol. The van der Waals surface area contributed by atoms with Crippen LogP contribution in [0.2, 0.25) is 5.02 Å². The maximum absolute atomic E-state index is 11.2. The van der Waals surface area contributed by atoms with Crippen LogP contribution in [0.4, 0.5) is 0 Å². The topological polar surface area (TPSA) is 34.4 Å². The lowest BCUT2D eigenvalue weighted by molar-refractivity contribution is 0.101. The number of imidazole rings is 1. The summed E-state index contributed by atoms with van der Waals surface area (Å²) in [5, 5.41) is 0.554. The Morgan fingerprint density at radius 1 is 1.54 bits per heavy atom. The Labute approximate surface area is 80.0 Å². The Hall–Kier alpha value is -1.35. The zero-order chi connectivity index (χ0) is 9.42. The maximum atomic E-state index is 11.2. The van der Waals surface area contributed by atoms with Crippen molar-refractivity contribution in [3.63, 3.8) is 0 Å². The zero-order valence-electron chi connectivity index (χ0n) is 6.99. The van der Waals surface area contributed by atoms with Crippen LogP contribution in [0.3, 0.4) is 0 Å². The summed E-state index contributed by atoms with van der Waals surface area (Å²) >= 11 is 5.83. The van der Waals surface area contributed by atoms with E-state index in [1.807, 2.05) is 0 Å². The van der Waals surface area contributed by atoms with Gasteiger partial charge < -0.3 is 0 Å². The summed E-state index contributed by atoms with van der Waals surface area (Å²) in [6.45, 7) is 1.51. The molecule has 0 atom stereocenters. The van der Waals surface area contributed by atoms with Crippen LogP contribution >= 0.6 is 11.6 Å². The molecule has 2 aromatic rings. The molecule has 0 fully saturated rings. The van der Waals surface area contributed by atoms with Crippen molar-refractivity contribution < 1.29 is 4.79 Å². The molecule has 0 N–H and O–H groups in total. The molecule has 2 rings (SSSR count). The van der Waals surface area contributed by atoms with Gasteiger partial charge in [-0.3, -0.25) is 9.20 Å². The summed E-state index contributed by atoms with van der Waals surface area (Å²) in [5.74, 6) is -0.0227. The molecule has 13 heavy (non-hydrogen) atoms. The Bertz CT molecular complexity index is 475. The number of pyridine rings is 1. The molecule has 3 nitrogen and oxygen atoms in total. The fraction of sp³-hybridized carbons (Fsp3) is 0.111. The van der Waals surface area contributed by atoms with Crippen LogP contribution in [0.5, 0.6) is 0 Å². The summed E-state index contributed by atoms with van der Waals surface area (Å²) in [7, 11) is 0.